The highest BCUT2D eigenvalue weighted by atomic mass is 19.1. The number of rotatable bonds is 7. The van der Waals surface area contributed by atoms with Gasteiger partial charge in [0.15, 0.2) is 0 Å². The summed E-state index contributed by atoms with van der Waals surface area (Å²) in [5.74, 6) is -2.36. The molecule has 3 aromatic carbocycles. The Morgan fingerprint density at radius 1 is 0.971 bits per heavy atom. The molecule has 0 aliphatic carbocycles. The van der Waals surface area contributed by atoms with Gasteiger partial charge >= 0.3 is 12.1 Å². The molecule has 7 nitrogen and oxygen atoms in total. The van der Waals surface area contributed by atoms with Gasteiger partial charge in [0.2, 0.25) is 5.91 Å². The highest BCUT2D eigenvalue weighted by molar-refractivity contribution is 5.90. The molecule has 0 spiro atoms. The molecule has 0 aromatic heterocycles. The van der Waals surface area contributed by atoms with Crippen molar-refractivity contribution in [3.8, 4) is 0 Å². The first-order valence-electron chi connectivity index (χ1n) is 11.2. The molecule has 0 saturated heterocycles. The van der Waals surface area contributed by atoms with E-state index in [9.17, 15) is 23.9 Å². The van der Waals surface area contributed by atoms with E-state index in [1.54, 1.807) is 6.07 Å². The Morgan fingerprint density at radius 3 is 2.37 bits per heavy atom. The van der Waals surface area contributed by atoms with Crippen LogP contribution in [0.4, 0.5) is 9.18 Å². The summed E-state index contributed by atoms with van der Waals surface area (Å²) >= 11 is 0. The van der Waals surface area contributed by atoms with Crippen LogP contribution in [-0.4, -0.2) is 40.1 Å². The number of halogens is 1. The van der Waals surface area contributed by atoms with E-state index in [0.29, 0.717) is 5.56 Å². The predicted molar refractivity (Wildman–Crippen MR) is 126 cm³/mol. The number of nitrogens with one attached hydrogen (secondary N) is 1. The largest absolute Gasteiger partial charge is 0.480 e. The van der Waals surface area contributed by atoms with Crippen LogP contribution in [-0.2, 0) is 40.3 Å². The fourth-order valence-electron chi connectivity index (χ4n) is 4.12. The minimum atomic E-state index is -1.29. The van der Waals surface area contributed by atoms with Crippen molar-refractivity contribution in [2.75, 3.05) is 0 Å². The first-order chi connectivity index (χ1) is 16.9. The van der Waals surface area contributed by atoms with Gasteiger partial charge in [-0.05, 0) is 34.4 Å². The van der Waals surface area contributed by atoms with Gasteiger partial charge in [-0.1, -0.05) is 66.7 Å². The molecule has 2 N–H and O–H groups in total. The van der Waals surface area contributed by atoms with E-state index in [4.69, 9.17) is 4.74 Å². The highest BCUT2D eigenvalue weighted by Crippen LogP contribution is 2.25. The number of nitrogens with zero attached hydrogens (tertiary/aromatic N) is 1. The van der Waals surface area contributed by atoms with Gasteiger partial charge in [0.05, 0.1) is 6.54 Å². The monoisotopic (exact) mass is 476 g/mol. The average molecular weight is 477 g/mol. The number of carbonyl (C=O) groups excluding carboxylic acids is 2. The molecule has 35 heavy (non-hydrogen) atoms. The van der Waals surface area contributed by atoms with E-state index in [0.717, 1.165) is 16.7 Å². The topological polar surface area (TPSA) is 95.9 Å². The lowest BCUT2D eigenvalue weighted by Crippen LogP contribution is -2.56. The van der Waals surface area contributed by atoms with Gasteiger partial charge in [-0.2, -0.15) is 0 Å². The number of carboxylic acid groups (broad SMARTS) is 1. The molecule has 3 aromatic rings. The van der Waals surface area contributed by atoms with Crippen LogP contribution < -0.4 is 5.32 Å². The summed E-state index contributed by atoms with van der Waals surface area (Å²) in [6.45, 7) is 0.201. The Kier molecular flexibility index (Phi) is 7.40. The number of hydrogen-bond acceptors (Lipinski definition) is 4. The molecular formula is C27H25FN2O5. The molecule has 1 aliphatic rings. The lowest BCUT2D eigenvalue weighted by molar-refractivity contribution is -0.142. The third kappa shape index (κ3) is 6.03. The van der Waals surface area contributed by atoms with Crippen molar-refractivity contribution >= 4 is 18.0 Å². The van der Waals surface area contributed by atoms with E-state index in [1.807, 2.05) is 54.6 Å². The molecule has 0 saturated carbocycles. The molecule has 8 heteroatoms. The Hall–Kier alpha value is -4.20. The number of amides is 2. The Balaban J connectivity index is 1.52. The molecule has 2 amide bonds. The fraction of sp³-hybridized carbons (Fsp3) is 0.222. The predicted octanol–water partition coefficient (Wildman–Crippen LogP) is 3.70. The van der Waals surface area contributed by atoms with Gasteiger partial charge in [-0.3, -0.25) is 9.69 Å². The number of carboxylic acids is 1. The van der Waals surface area contributed by atoms with Crippen LogP contribution in [0.15, 0.2) is 78.9 Å². The molecule has 0 fully saturated rings. The zero-order valence-electron chi connectivity index (χ0n) is 18.9. The van der Waals surface area contributed by atoms with Crippen molar-refractivity contribution in [1.82, 2.24) is 10.2 Å². The third-order valence-electron chi connectivity index (χ3n) is 5.93. The number of fused-ring (bicyclic) bond motifs is 1. The van der Waals surface area contributed by atoms with Gasteiger partial charge in [-0.25, -0.2) is 14.0 Å². The molecule has 2 atom stereocenters. The summed E-state index contributed by atoms with van der Waals surface area (Å²) < 4.78 is 19.0. The smallest absolute Gasteiger partial charge is 0.411 e. The molecule has 4 rings (SSSR count). The van der Waals surface area contributed by atoms with Crippen molar-refractivity contribution in [2.24, 2.45) is 0 Å². The summed E-state index contributed by atoms with van der Waals surface area (Å²) in [4.78, 5) is 39.5. The van der Waals surface area contributed by atoms with Gasteiger partial charge in [0, 0.05) is 12.8 Å². The third-order valence-corrected chi connectivity index (χ3v) is 5.93. The summed E-state index contributed by atoms with van der Waals surface area (Å²) in [6.07, 6.45) is -0.546. The van der Waals surface area contributed by atoms with Crippen LogP contribution in [0, 0.1) is 5.82 Å². The second kappa shape index (κ2) is 10.8. The van der Waals surface area contributed by atoms with E-state index < -0.39 is 35.9 Å². The van der Waals surface area contributed by atoms with Gasteiger partial charge in [0.1, 0.15) is 24.5 Å². The second-order valence-electron chi connectivity index (χ2n) is 8.39. The molecule has 1 aliphatic heterocycles. The number of carbonyl (C=O) groups is 3. The van der Waals surface area contributed by atoms with Gasteiger partial charge in [0.25, 0.3) is 0 Å². The van der Waals surface area contributed by atoms with E-state index in [1.165, 1.54) is 23.1 Å². The zero-order valence-corrected chi connectivity index (χ0v) is 18.9. The summed E-state index contributed by atoms with van der Waals surface area (Å²) in [6, 6.07) is 20.0. The average Bonchev–Trinajstić information content (AvgIpc) is 2.86. The van der Waals surface area contributed by atoms with Crippen LogP contribution >= 0.6 is 0 Å². The standard InChI is InChI=1S/C27H25FN2O5/c28-22-12-6-9-19(13-22)14-23(26(32)33)29-25(31)24-15-20-10-4-5-11-21(20)16-30(24)27(34)35-17-18-7-2-1-3-8-18/h1-13,23-24H,14-17H2,(H,29,31)(H,32,33)/t23-,24-/m0/s1. The first-order valence-corrected chi connectivity index (χ1v) is 11.2. The molecule has 180 valence electrons. The number of aliphatic carboxylic acids is 1. The SMILES string of the molecule is O=C(O)[C@H](Cc1cccc(F)c1)NC(=O)[C@@H]1Cc2ccccc2CN1C(=O)OCc1ccccc1. The maximum Gasteiger partial charge on any atom is 0.411 e. The van der Waals surface area contributed by atoms with Crippen molar-refractivity contribution in [3.05, 3.63) is 107 Å². The van der Waals surface area contributed by atoms with Crippen molar-refractivity contribution in [3.63, 3.8) is 0 Å². The van der Waals surface area contributed by atoms with Crippen LogP contribution in [0.25, 0.3) is 0 Å². The van der Waals surface area contributed by atoms with Crippen LogP contribution in [0.3, 0.4) is 0 Å². The minimum absolute atomic E-state index is 0.0451. The Bertz CT molecular complexity index is 1220. The molecule has 1 heterocycles. The minimum Gasteiger partial charge on any atom is -0.480 e. The molecule has 0 radical (unpaired) electrons. The maximum absolute atomic E-state index is 13.6. The summed E-state index contributed by atoms with van der Waals surface area (Å²) in [5, 5.41) is 12.2. The molecule has 0 unspecified atom stereocenters. The van der Waals surface area contributed by atoms with Crippen molar-refractivity contribution in [1.29, 1.82) is 0 Å². The summed E-state index contributed by atoms with van der Waals surface area (Å²) in [5.41, 5.74) is 3.03. The van der Waals surface area contributed by atoms with Crippen LogP contribution in [0.2, 0.25) is 0 Å². The fourth-order valence-corrected chi connectivity index (χ4v) is 4.12. The lowest BCUT2D eigenvalue weighted by Gasteiger charge is -2.35. The number of ether oxygens (including phenoxy) is 1. The van der Waals surface area contributed by atoms with E-state index >= 15 is 0 Å². The Morgan fingerprint density at radius 2 is 1.66 bits per heavy atom. The first kappa shape index (κ1) is 23.9. The van der Waals surface area contributed by atoms with E-state index in [2.05, 4.69) is 5.32 Å². The normalized spacial score (nSPS) is 15.6. The maximum atomic E-state index is 13.6. The van der Waals surface area contributed by atoms with Crippen molar-refractivity contribution < 1.29 is 28.6 Å². The lowest BCUT2D eigenvalue weighted by atomic mass is 9.93. The van der Waals surface area contributed by atoms with Gasteiger partial charge in [-0.15, -0.1) is 0 Å². The molecular weight excluding hydrogens is 451 g/mol. The van der Waals surface area contributed by atoms with Crippen LogP contribution in [0.5, 0.6) is 0 Å². The van der Waals surface area contributed by atoms with Crippen LogP contribution in [0.1, 0.15) is 22.3 Å². The zero-order chi connectivity index (χ0) is 24.8. The molecule has 0 bridgehead atoms. The number of benzene rings is 3. The quantitative estimate of drug-likeness (QED) is 0.542. The van der Waals surface area contributed by atoms with E-state index in [-0.39, 0.29) is 26.0 Å². The van der Waals surface area contributed by atoms with Crippen molar-refractivity contribution in [2.45, 2.75) is 38.1 Å². The summed E-state index contributed by atoms with van der Waals surface area (Å²) in [7, 11) is 0. The van der Waals surface area contributed by atoms with Gasteiger partial charge < -0.3 is 15.2 Å². The number of hydrogen-bond donors (Lipinski definition) is 2. The highest BCUT2D eigenvalue weighted by Gasteiger charge is 2.37. The second-order valence-corrected chi connectivity index (χ2v) is 8.39. The Labute approximate surface area is 202 Å².